The summed E-state index contributed by atoms with van der Waals surface area (Å²) >= 11 is 1.32. The second-order valence-electron chi connectivity index (χ2n) is 7.15. The Bertz CT molecular complexity index is 1480. The zero-order chi connectivity index (χ0) is 24.4. The first kappa shape index (κ1) is 22.9. The third kappa shape index (κ3) is 4.43. The maximum atomic E-state index is 13.0. The Morgan fingerprint density at radius 2 is 1.94 bits per heavy atom. The summed E-state index contributed by atoms with van der Waals surface area (Å²) in [5.41, 5.74) is 0.868. The molecule has 0 spiro atoms. The first-order chi connectivity index (χ1) is 16.3. The van der Waals surface area contributed by atoms with Crippen molar-refractivity contribution >= 4 is 38.8 Å². The van der Waals surface area contributed by atoms with E-state index >= 15 is 0 Å². The van der Waals surface area contributed by atoms with Crippen molar-refractivity contribution in [3.63, 3.8) is 0 Å². The number of carbonyl (C=O) groups is 1. The summed E-state index contributed by atoms with van der Waals surface area (Å²) in [7, 11) is 3.04. The maximum absolute atomic E-state index is 13.0. The Kier molecular flexibility index (Phi) is 6.23. The number of aryl methyl sites for hydroxylation is 1. The number of methoxy groups -OCH3 is 2. The van der Waals surface area contributed by atoms with E-state index in [0.717, 1.165) is 4.68 Å². The molecule has 11 nitrogen and oxygen atoms in total. The molecule has 0 atom stereocenters. The molecular weight excluding hydrogens is 462 g/mol. The lowest BCUT2D eigenvalue weighted by Gasteiger charge is -2.12. The van der Waals surface area contributed by atoms with Gasteiger partial charge in [0.1, 0.15) is 12.2 Å². The molecule has 0 aliphatic carbocycles. The number of nitrogens with one attached hydrogen (secondary N) is 1. The number of nitro groups is 1. The Hall–Kier alpha value is -4.32. The number of hydrogen-bond donors (Lipinski definition) is 1. The van der Waals surface area contributed by atoms with Crippen molar-refractivity contribution in [1.82, 2.24) is 14.8 Å². The van der Waals surface area contributed by atoms with Crippen LogP contribution in [0.1, 0.15) is 5.01 Å². The van der Waals surface area contributed by atoms with E-state index in [2.05, 4.69) is 15.4 Å². The van der Waals surface area contributed by atoms with Crippen LogP contribution in [0.3, 0.4) is 0 Å². The number of hydrogen-bond acceptors (Lipinski definition) is 9. The van der Waals surface area contributed by atoms with Crippen LogP contribution in [0, 0.1) is 17.0 Å². The summed E-state index contributed by atoms with van der Waals surface area (Å²) in [5.74, 6) is 0.449. The van der Waals surface area contributed by atoms with Gasteiger partial charge in [-0.3, -0.25) is 19.7 Å². The highest BCUT2D eigenvalue weighted by molar-refractivity contribution is 7.19. The molecular formula is C22H19N5O6S. The Morgan fingerprint density at radius 1 is 1.18 bits per heavy atom. The molecule has 2 aromatic heterocycles. The summed E-state index contributed by atoms with van der Waals surface area (Å²) in [4.78, 5) is 40.4. The van der Waals surface area contributed by atoms with Gasteiger partial charge in [-0.2, -0.15) is 5.10 Å². The zero-order valence-electron chi connectivity index (χ0n) is 18.4. The van der Waals surface area contributed by atoms with Crippen LogP contribution < -0.4 is 20.3 Å². The van der Waals surface area contributed by atoms with E-state index in [0.29, 0.717) is 32.5 Å². The predicted octanol–water partition coefficient (Wildman–Crippen LogP) is 3.39. The molecule has 1 N–H and O–H groups in total. The van der Waals surface area contributed by atoms with Gasteiger partial charge in [0, 0.05) is 23.4 Å². The number of amides is 1. The molecule has 0 bridgehead atoms. The van der Waals surface area contributed by atoms with E-state index < -0.39 is 22.9 Å². The van der Waals surface area contributed by atoms with Crippen molar-refractivity contribution in [3.05, 3.63) is 67.9 Å². The molecule has 2 aromatic carbocycles. The van der Waals surface area contributed by atoms with Gasteiger partial charge in [-0.05, 0) is 31.2 Å². The molecule has 0 saturated heterocycles. The van der Waals surface area contributed by atoms with Gasteiger partial charge in [-0.15, -0.1) is 11.3 Å². The van der Waals surface area contributed by atoms with E-state index in [9.17, 15) is 19.7 Å². The van der Waals surface area contributed by atoms with E-state index in [1.54, 1.807) is 25.1 Å². The maximum Gasteiger partial charge on any atom is 0.294 e. The van der Waals surface area contributed by atoms with Gasteiger partial charge in [0.15, 0.2) is 17.0 Å². The molecule has 4 rings (SSSR count). The number of nitrogens with zero attached hydrogens (tertiary/aromatic N) is 4. The summed E-state index contributed by atoms with van der Waals surface area (Å²) in [5, 5.41) is 18.7. The van der Waals surface area contributed by atoms with Gasteiger partial charge in [0.05, 0.1) is 28.9 Å². The summed E-state index contributed by atoms with van der Waals surface area (Å²) < 4.78 is 12.3. The second kappa shape index (κ2) is 9.27. The second-order valence-corrected chi connectivity index (χ2v) is 8.35. The molecule has 174 valence electrons. The topological polar surface area (TPSA) is 138 Å². The largest absolute Gasteiger partial charge is 0.493 e. The lowest BCUT2D eigenvalue weighted by Crippen LogP contribution is -2.30. The Labute approximate surface area is 196 Å². The highest BCUT2D eigenvalue weighted by Gasteiger charge is 2.19. The summed E-state index contributed by atoms with van der Waals surface area (Å²) in [6, 6.07) is 10.7. The number of rotatable bonds is 7. The molecule has 1 amide bonds. The van der Waals surface area contributed by atoms with Crippen LogP contribution in [0.15, 0.2) is 47.3 Å². The molecule has 2 heterocycles. The quantitative estimate of drug-likeness (QED) is 0.313. The summed E-state index contributed by atoms with van der Waals surface area (Å²) in [6.07, 6.45) is 0. The van der Waals surface area contributed by atoms with Crippen molar-refractivity contribution in [2.24, 2.45) is 0 Å². The number of non-ortho nitro benzene ring substituents is 1. The van der Waals surface area contributed by atoms with Crippen LogP contribution in [0.2, 0.25) is 0 Å². The predicted molar refractivity (Wildman–Crippen MR) is 127 cm³/mol. The van der Waals surface area contributed by atoms with Crippen molar-refractivity contribution in [1.29, 1.82) is 0 Å². The van der Waals surface area contributed by atoms with Crippen LogP contribution in [0.5, 0.6) is 11.5 Å². The SMILES string of the molecule is COc1ccc(-c2nn(CC(=O)Nc3cccc([N+](=O)[O-])c3)c(=O)c3nc(C)sc23)cc1OC. The number of anilines is 1. The molecule has 0 fully saturated rings. The number of benzene rings is 2. The highest BCUT2D eigenvalue weighted by Crippen LogP contribution is 2.35. The number of ether oxygens (including phenoxy) is 2. The molecule has 0 saturated carbocycles. The van der Waals surface area contributed by atoms with Crippen molar-refractivity contribution < 1.29 is 19.2 Å². The van der Waals surface area contributed by atoms with Crippen LogP contribution in [-0.2, 0) is 11.3 Å². The molecule has 34 heavy (non-hydrogen) atoms. The third-order valence-electron chi connectivity index (χ3n) is 4.90. The minimum absolute atomic E-state index is 0.164. The Balaban J connectivity index is 1.73. The van der Waals surface area contributed by atoms with Crippen LogP contribution in [0.4, 0.5) is 11.4 Å². The van der Waals surface area contributed by atoms with Crippen molar-refractivity contribution in [2.45, 2.75) is 13.5 Å². The van der Waals surface area contributed by atoms with Gasteiger partial charge >= 0.3 is 0 Å². The number of thiazole rings is 1. The molecule has 0 radical (unpaired) electrons. The number of carbonyl (C=O) groups excluding carboxylic acids is 1. The normalized spacial score (nSPS) is 10.8. The van der Waals surface area contributed by atoms with Crippen LogP contribution >= 0.6 is 11.3 Å². The van der Waals surface area contributed by atoms with Crippen molar-refractivity contribution in [3.8, 4) is 22.8 Å². The molecule has 4 aromatic rings. The van der Waals surface area contributed by atoms with E-state index in [-0.39, 0.29) is 16.9 Å². The highest BCUT2D eigenvalue weighted by atomic mass is 32.1. The Morgan fingerprint density at radius 3 is 2.65 bits per heavy atom. The first-order valence-electron chi connectivity index (χ1n) is 9.95. The average molecular weight is 481 g/mol. The van der Waals surface area contributed by atoms with Crippen molar-refractivity contribution in [2.75, 3.05) is 19.5 Å². The number of nitro benzene ring substituents is 1. The van der Waals surface area contributed by atoms with Gasteiger partial charge < -0.3 is 14.8 Å². The lowest BCUT2D eigenvalue weighted by molar-refractivity contribution is -0.384. The van der Waals surface area contributed by atoms with E-state index in [1.807, 2.05) is 0 Å². The molecule has 12 heteroatoms. The summed E-state index contributed by atoms with van der Waals surface area (Å²) in [6.45, 7) is 1.37. The van der Waals surface area contributed by atoms with E-state index in [1.165, 1.54) is 49.8 Å². The zero-order valence-corrected chi connectivity index (χ0v) is 19.2. The smallest absolute Gasteiger partial charge is 0.294 e. The fraction of sp³-hybridized carbons (Fsp3) is 0.182. The van der Waals surface area contributed by atoms with Crippen LogP contribution in [-0.4, -0.2) is 39.8 Å². The molecule has 0 aliphatic heterocycles. The molecule has 0 aliphatic rings. The average Bonchev–Trinajstić information content (AvgIpc) is 3.22. The standard InChI is InChI=1S/C22H19N5O6S/c1-12-23-20-21(34-12)19(13-7-8-16(32-2)17(9-13)33-3)25-26(22(20)29)11-18(28)24-14-5-4-6-15(10-14)27(30)31/h4-10H,11H2,1-3H3,(H,24,28). The minimum atomic E-state index is -0.570. The van der Waals surface area contributed by atoms with Gasteiger partial charge in [0.25, 0.3) is 11.2 Å². The fourth-order valence-corrected chi connectivity index (χ4v) is 4.30. The van der Waals surface area contributed by atoms with Gasteiger partial charge in [-0.1, -0.05) is 6.07 Å². The minimum Gasteiger partial charge on any atom is -0.493 e. The lowest BCUT2D eigenvalue weighted by atomic mass is 10.1. The van der Waals surface area contributed by atoms with Gasteiger partial charge in [-0.25, -0.2) is 9.67 Å². The first-order valence-corrected chi connectivity index (χ1v) is 10.8. The fourth-order valence-electron chi connectivity index (χ4n) is 3.38. The van der Waals surface area contributed by atoms with E-state index in [4.69, 9.17) is 9.47 Å². The third-order valence-corrected chi connectivity index (χ3v) is 5.88. The molecule has 0 unspecified atom stereocenters. The monoisotopic (exact) mass is 481 g/mol. The number of aromatic nitrogens is 3. The van der Waals surface area contributed by atoms with Gasteiger partial charge in [0.2, 0.25) is 5.91 Å². The number of fused-ring (bicyclic) bond motifs is 1. The van der Waals surface area contributed by atoms with Crippen LogP contribution in [0.25, 0.3) is 21.5 Å².